The number of unbranched alkanes of at least 4 members (excludes halogenated alkanes) is 3. The van der Waals surface area contributed by atoms with Crippen molar-refractivity contribution >= 4 is 65.0 Å². The third-order valence-corrected chi connectivity index (χ3v) is 25.8. The van der Waals surface area contributed by atoms with Crippen molar-refractivity contribution in [1.29, 1.82) is 0 Å². The summed E-state index contributed by atoms with van der Waals surface area (Å²) in [6.07, 6.45) is 9.25. The maximum Gasteiger partial charge on any atom is 0.272 e. The van der Waals surface area contributed by atoms with Gasteiger partial charge in [-0.15, -0.1) is 0 Å². The molecule has 0 saturated heterocycles. The molecule has 690 valence electrons. The molecular weight excluding hydrogens is 1720 g/mol. The lowest BCUT2D eigenvalue weighted by atomic mass is 10.0. The number of rotatable bonds is 46. The topological polar surface area (TPSA) is 461 Å². The molecule has 1 aliphatic carbocycles. The molecule has 0 bridgehead atoms. The molecule has 127 heavy (non-hydrogen) atoms. The van der Waals surface area contributed by atoms with Gasteiger partial charge in [-0.25, -0.2) is 56.6 Å². The van der Waals surface area contributed by atoms with E-state index in [-0.39, 0.29) is 109 Å². The summed E-state index contributed by atoms with van der Waals surface area (Å²) in [4.78, 5) is 110. The highest BCUT2D eigenvalue weighted by atomic mass is 32.2. The molecular formula is C89H113F6N13O16S3. The molecule has 9 atom stereocenters. The lowest BCUT2D eigenvalue weighted by molar-refractivity contribution is -0.135. The number of carbonyl (C=O) groups is 6. The number of aliphatic hydroxyl groups is 3. The monoisotopic (exact) mass is 1830 g/mol. The first-order chi connectivity index (χ1) is 60.2. The number of H-pyrrole nitrogens is 1. The Balaban J connectivity index is 0.000000262. The number of aromatic nitrogens is 4. The van der Waals surface area contributed by atoms with Crippen LogP contribution >= 0.6 is 0 Å². The summed E-state index contributed by atoms with van der Waals surface area (Å²) in [6.45, 7) is 8.42. The second-order valence-corrected chi connectivity index (χ2v) is 38.1. The number of pyridine rings is 2. The maximum atomic E-state index is 14.1. The molecule has 3 aromatic heterocycles. The van der Waals surface area contributed by atoms with Crippen LogP contribution in [-0.4, -0.2) is 225 Å². The summed E-state index contributed by atoms with van der Waals surface area (Å²) in [6, 6.07) is 21.2. The third-order valence-electron chi connectivity index (χ3n) is 20.6. The number of hydrogen-bond acceptors (Lipinski definition) is 22. The van der Waals surface area contributed by atoms with Crippen LogP contribution in [0.4, 0.5) is 26.3 Å². The Bertz CT molecular complexity index is 5310. The maximum absolute atomic E-state index is 14.1. The number of hydrogen-bond donors (Lipinski definition) is 10. The predicted octanol–water partition coefficient (Wildman–Crippen LogP) is 6.67. The first-order valence-electron chi connectivity index (χ1n) is 41.8. The van der Waals surface area contributed by atoms with Gasteiger partial charge in [-0.3, -0.25) is 43.5 Å². The number of nitrogens with two attached hydrogens (primary N) is 3. The molecule has 8 aromatic rings. The Kier molecular flexibility index (Phi) is 40.8. The van der Waals surface area contributed by atoms with E-state index in [4.69, 9.17) is 17.2 Å². The number of nitrogens with one attached hydrogen (secondary N) is 4. The second kappa shape index (κ2) is 50.1. The Morgan fingerprint density at radius 3 is 1.18 bits per heavy atom. The molecule has 38 heteroatoms. The summed E-state index contributed by atoms with van der Waals surface area (Å²) in [7, 11) is -11.3. The molecule has 9 rings (SSSR count). The number of benzene rings is 5. The van der Waals surface area contributed by atoms with Crippen molar-refractivity contribution in [3.05, 3.63) is 266 Å². The Morgan fingerprint density at radius 1 is 0.449 bits per heavy atom. The predicted molar refractivity (Wildman–Crippen MR) is 467 cm³/mol. The minimum Gasteiger partial charge on any atom is -0.390 e. The van der Waals surface area contributed by atoms with Crippen molar-refractivity contribution in [2.45, 2.75) is 192 Å². The van der Waals surface area contributed by atoms with Crippen LogP contribution in [0.1, 0.15) is 156 Å². The van der Waals surface area contributed by atoms with Crippen LogP contribution < -0.4 is 38.7 Å². The fraction of sp³-hybridized carbons (Fsp3) is 0.438. The quantitative estimate of drug-likeness (QED) is 0.0178. The molecule has 1 aliphatic rings. The zero-order valence-electron chi connectivity index (χ0n) is 71.4. The molecule has 5 aromatic carbocycles. The summed E-state index contributed by atoms with van der Waals surface area (Å²) >= 11 is 0. The van der Waals surface area contributed by atoms with Crippen LogP contribution in [0.3, 0.4) is 0 Å². The zero-order valence-corrected chi connectivity index (χ0v) is 73.8. The van der Waals surface area contributed by atoms with Gasteiger partial charge in [-0.05, 0) is 158 Å². The largest absolute Gasteiger partial charge is 0.390 e. The average molecular weight is 1830 g/mol. The number of nitrogens with zero attached hydrogens (tertiary/aromatic N) is 6. The lowest BCUT2D eigenvalue weighted by Crippen LogP contribution is -2.55. The highest BCUT2D eigenvalue weighted by Gasteiger charge is 2.41. The smallest absolute Gasteiger partial charge is 0.272 e. The molecule has 0 spiro atoms. The van der Waals surface area contributed by atoms with E-state index >= 15 is 0 Å². The number of halogens is 6. The van der Waals surface area contributed by atoms with Crippen LogP contribution in [0.15, 0.2) is 169 Å². The Morgan fingerprint density at radius 2 is 0.827 bits per heavy atom. The van der Waals surface area contributed by atoms with Crippen molar-refractivity contribution in [3.63, 3.8) is 0 Å². The van der Waals surface area contributed by atoms with E-state index in [9.17, 15) is 100 Å². The van der Waals surface area contributed by atoms with Gasteiger partial charge in [0.05, 0.1) is 70.2 Å². The zero-order chi connectivity index (χ0) is 93.3. The first kappa shape index (κ1) is 103. The molecule has 29 nitrogen and oxygen atoms in total. The van der Waals surface area contributed by atoms with Gasteiger partial charge in [-0.1, -0.05) is 102 Å². The minimum atomic E-state index is -3.81. The van der Waals surface area contributed by atoms with E-state index in [0.717, 1.165) is 78.3 Å². The fourth-order valence-electron chi connectivity index (χ4n) is 13.5. The molecule has 3 heterocycles. The van der Waals surface area contributed by atoms with Gasteiger partial charge in [0.25, 0.3) is 17.7 Å². The molecule has 1 saturated carbocycles. The van der Waals surface area contributed by atoms with Crippen molar-refractivity contribution < 1.29 is 95.7 Å². The number of aliphatic hydroxyl groups excluding tert-OH is 3. The molecule has 0 unspecified atom stereocenters. The van der Waals surface area contributed by atoms with Crippen molar-refractivity contribution in [3.8, 4) is 0 Å². The average Bonchev–Trinajstić information content (AvgIpc) is 1.67. The Hall–Kier alpha value is -10.7. The highest BCUT2D eigenvalue weighted by Crippen LogP contribution is 2.29. The van der Waals surface area contributed by atoms with Gasteiger partial charge < -0.3 is 68.2 Å². The van der Waals surface area contributed by atoms with Gasteiger partial charge in [-0.2, -0.15) is 0 Å². The lowest BCUT2D eigenvalue weighted by Gasteiger charge is -2.31. The third kappa shape index (κ3) is 35.5. The van der Waals surface area contributed by atoms with Gasteiger partial charge in [0.1, 0.15) is 58.7 Å². The summed E-state index contributed by atoms with van der Waals surface area (Å²) in [5.74, 6) is -11.6. The van der Waals surface area contributed by atoms with Crippen molar-refractivity contribution in [2.75, 3.05) is 54.2 Å². The van der Waals surface area contributed by atoms with E-state index in [0.29, 0.717) is 75.0 Å². The molecule has 1 fully saturated rings. The van der Waals surface area contributed by atoms with E-state index in [2.05, 4.69) is 35.9 Å². The number of carbonyl (C=O) groups excluding carboxylic acids is 6. The number of aryl methyl sites for hydroxylation is 2. The van der Waals surface area contributed by atoms with Gasteiger partial charge in [0.15, 0.2) is 29.5 Å². The van der Waals surface area contributed by atoms with Gasteiger partial charge in [0, 0.05) is 112 Å². The summed E-state index contributed by atoms with van der Waals surface area (Å²) < 4.78 is 160. The SMILES string of the molecule is CCCCS(=O)(=O)C[C@@H](NC(=O)c1ccc(=O)[nH]c1)C(=O)N(Cc1cccc(CC)c1)C[C@@H](O)[C@@H](N)Cc1cc(F)cc(F)c1.CCCCS(=O)(=O)C[C@@H](NC(=O)c1cccnc1)C(=O)N(C[C@@H](O)[C@@H](N)Cc1cc(F)cc(F)c1)C1CC1.CCCCS(=O)(=O)C[C@@H](NC(=O)c1cnccn1)C(=O)N(Cc1cccc(CC)c1)C[C@@H](O)[C@@H](N)Cc1cc(F)cc(F)c1. The normalized spacial score (nSPS) is 14.3. The molecule has 0 radical (unpaired) electrons. The van der Waals surface area contributed by atoms with Crippen LogP contribution in [0.5, 0.6) is 0 Å². The standard InChI is InChI=1S/C32H40F2N4O6S.C31H39F2N5O5S.C26H34F2N4O5S/c1-3-5-11-45(43,44)20-28(37-31(41)24-9-10-30(40)36-17-24)32(42)38(18-22-8-6-7-21(4-2)12-22)19-29(39)27(35)15-23-13-25(33)16-26(34)14-23;1-3-5-11-44(42,43)20-28(37-30(40)27-17-35-9-10-36-27)31(41)38(18-22-8-6-7-21(4-2)12-22)19-29(39)26(34)15-23-13-24(32)16-25(33)14-23;1-2-3-9-38(36,37)16-23(31-25(34)18-5-4-8-30-14-18)26(35)32(21-6-7-21)15-24(33)22(29)12-17-10-19(27)13-20(28)11-17/h6-10,12-14,16-17,27-29,39H,3-5,11,15,18-20,35H2,1-2H3,(H,36,40)(H,37,41);6-10,12-14,16-17,26,28-29,39H,3-5,11,15,18-20,34H2,1-2H3,(H,37,40);4-5,8,10-11,13-14,21-24,33H,2-3,6-7,9,12,15-16,29H2,1H3,(H,31,34)/t27-,28+,29+;26-,28+,29+;22-,23+,24+/m000/s1. The molecule has 6 amide bonds. The summed E-state index contributed by atoms with van der Waals surface area (Å²) in [5.41, 5.74) is 22.2. The van der Waals surface area contributed by atoms with E-state index in [1.807, 2.05) is 71.0 Å². The number of amides is 6. The second-order valence-electron chi connectivity index (χ2n) is 31.4. The van der Waals surface area contributed by atoms with E-state index in [1.165, 1.54) is 57.8 Å². The number of aromatic amines is 1. The Labute approximate surface area is 735 Å². The molecule has 13 N–H and O–H groups in total. The van der Waals surface area contributed by atoms with Crippen LogP contribution in [0, 0.1) is 34.9 Å². The van der Waals surface area contributed by atoms with Crippen LogP contribution in [0.2, 0.25) is 0 Å². The van der Waals surface area contributed by atoms with Gasteiger partial charge >= 0.3 is 0 Å². The van der Waals surface area contributed by atoms with Crippen LogP contribution in [0.25, 0.3) is 0 Å². The van der Waals surface area contributed by atoms with Crippen LogP contribution in [-0.2, 0) is 89.1 Å². The van der Waals surface area contributed by atoms with E-state index in [1.54, 1.807) is 18.2 Å². The van der Waals surface area contributed by atoms with Gasteiger partial charge in [0.2, 0.25) is 23.3 Å². The van der Waals surface area contributed by atoms with Crippen molar-refractivity contribution in [1.82, 2.24) is 50.6 Å². The van der Waals surface area contributed by atoms with Crippen molar-refractivity contribution in [2.24, 2.45) is 17.2 Å². The fourth-order valence-corrected chi connectivity index (χ4v) is 18.4. The highest BCUT2D eigenvalue weighted by molar-refractivity contribution is 7.92. The molecule has 0 aliphatic heterocycles. The number of sulfone groups is 3. The minimum absolute atomic E-state index is 0.00457. The summed E-state index contributed by atoms with van der Waals surface area (Å²) in [5, 5.41) is 40.5. The first-order valence-corrected chi connectivity index (χ1v) is 47.2. The van der Waals surface area contributed by atoms with E-state index < -0.39 is 177 Å².